The van der Waals surface area contributed by atoms with Crippen molar-refractivity contribution in [2.75, 3.05) is 25.5 Å². The third-order valence-corrected chi connectivity index (χ3v) is 6.78. The second-order valence-electron chi connectivity index (χ2n) is 10.2. The second kappa shape index (κ2) is 9.27. The maximum absolute atomic E-state index is 12.7. The number of carbonyl (C=O) groups is 1. The number of aliphatic hydroxyl groups excluding tert-OH is 1. The summed E-state index contributed by atoms with van der Waals surface area (Å²) in [6.45, 7) is 6.67. The molecular formula is C24H31F3N6O2. The number of aliphatic hydroxyl groups is 1. The molecule has 1 saturated carbocycles. The van der Waals surface area contributed by atoms with Crippen LogP contribution in [-0.2, 0) is 0 Å². The quantitative estimate of drug-likeness (QED) is 0.568. The van der Waals surface area contributed by atoms with Gasteiger partial charge in [0.05, 0.1) is 6.04 Å². The molecule has 1 aliphatic heterocycles. The summed E-state index contributed by atoms with van der Waals surface area (Å²) >= 11 is 0. The highest BCUT2D eigenvalue weighted by atomic mass is 19.4. The molecule has 4 N–H and O–H groups in total. The highest BCUT2D eigenvalue weighted by molar-refractivity contribution is 5.98. The van der Waals surface area contributed by atoms with E-state index < -0.39 is 18.2 Å². The molecule has 11 heteroatoms. The van der Waals surface area contributed by atoms with E-state index in [0.29, 0.717) is 17.1 Å². The first-order valence-corrected chi connectivity index (χ1v) is 11.6. The molecule has 2 heterocycles. The van der Waals surface area contributed by atoms with Crippen LogP contribution in [0.2, 0.25) is 0 Å². The monoisotopic (exact) mass is 492 g/mol. The zero-order chi connectivity index (χ0) is 25.5. The standard InChI is InChI=1S/C24H31F3N6O2/c1-23(2)12-32(13-23)16-8-9-19(18(10-16)29-3)33-11-17(21(28)35)22(31-33)30-15-6-4-14(5-7-15)20(34)24(25,26)27/h4-7,11,16,19-20,34H,8-10,12-13H2,1-3H3,(H2,28,35)(H,30,31)/t16-,19+,20-/m1/s1. The van der Waals surface area contributed by atoms with E-state index in [-0.39, 0.29) is 23.0 Å². The average molecular weight is 493 g/mol. The molecule has 0 spiro atoms. The Kier molecular flexibility index (Phi) is 6.67. The second-order valence-corrected chi connectivity index (χ2v) is 10.2. The number of anilines is 2. The van der Waals surface area contributed by atoms with E-state index in [9.17, 15) is 23.1 Å². The van der Waals surface area contributed by atoms with Crippen LogP contribution in [0.15, 0.2) is 35.5 Å². The van der Waals surface area contributed by atoms with Crippen molar-refractivity contribution < 1.29 is 23.1 Å². The largest absolute Gasteiger partial charge is 0.418 e. The number of nitrogens with two attached hydrogens (primary N) is 1. The van der Waals surface area contributed by atoms with E-state index in [1.54, 1.807) is 17.9 Å². The van der Waals surface area contributed by atoms with E-state index in [4.69, 9.17) is 5.73 Å². The lowest BCUT2D eigenvalue weighted by molar-refractivity contribution is -0.206. The van der Waals surface area contributed by atoms with Crippen LogP contribution in [0.5, 0.6) is 0 Å². The molecule has 1 aliphatic carbocycles. The molecule has 4 rings (SSSR count). The predicted molar refractivity (Wildman–Crippen MR) is 127 cm³/mol. The fourth-order valence-corrected chi connectivity index (χ4v) is 5.04. The van der Waals surface area contributed by atoms with Crippen LogP contribution in [0.25, 0.3) is 0 Å². The van der Waals surface area contributed by atoms with Gasteiger partial charge in [-0.25, -0.2) is 0 Å². The number of aromatic nitrogens is 2. The smallest absolute Gasteiger partial charge is 0.379 e. The van der Waals surface area contributed by atoms with Crippen LogP contribution in [0, 0.1) is 5.41 Å². The lowest BCUT2D eigenvalue weighted by Crippen LogP contribution is -2.58. The minimum atomic E-state index is -4.75. The molecule has 3 atom stereocenters. The summed E-state index contributed by atoms with van der Waals surface area (Å²) < 4.78 is 39.9. The van der Waals surface area contributed by atoms with Gasteiger partial charge in [-0.1, -0.05) is 26.0 Å². The van der Waals surface area contributed by atoms with E-state index >= 15 is 0 Å². The van der Waals surface area contributed by atoms with Crippen molar-refractivity contribution in [1.29, 1.82) is 0 Å². The molecule has 2 aliphatic rings. The number of likely N-dealkylation sites (tertiary alicyclic amines) is 1. The highest BCUT2D eigenvalue weighted by Crippen LogP contribution is 2.38. The van der Waals surface area contributed by atoms with E-state index in [1.165, 1.54) is 24.3 Å². The number of carbonyl (C=O) groups excluding carboxylic acids is 1. The molecule has 35 heavy (non-hydrogen) atoms. The number of benzene rings is 1. The number of halogens is 3. The maximum atomic E-state index is 12.7. The Hall–Kier alpha value is -2.92. The molecular weight excluding hydrogens is 461 g/mol. The van der Waals surface area contributed by atoms with Crippen molar-refractivity contribution in [2.45, 2.75) is 57.5 Å². The summed E-state index contributed by atoms with van der Waals surface area (Å²) in [7, 11) is 1.76. The summed E-state index contributed by atoms with van der Waals surface area (Å²) in [6, 6.07) is 5.43. The first-order valence-electron chi connectivity index (χ1n) is 11.6. The normalized spacial score (nSPS) is 24.7. The van der Waals surface area contributed by atoms with E-state index in [0.717, 1.165) is 38.1 Å². The minimum absolute atomic E-state index is 0.108. The van der Waals surface area contributed by atoms with Gasteiger partial charge in [-0.15, -0.1) is 0 Å². The van der Waals surface area contributed by atoms with Gasteiger partial charge in [-0.3, -0.25) is 19.4 Å². The number of alkyl halides is 3. The first-order chi connectivity index (χ1) is 16.4. The lowest BCUT2D eigenvalue weighted by atomic mass is 9.79. The van der Waals surface area contributed by atoms with Gasteiger partial charge >= 0.3 is 6.18 Å². The predicted octanol–water partition coefficient (Wildman–Crippen LogP) is 3.83. The molecule has 2 aromatic rings. The summed E-state index contributed by atoms with van der Waals surface area (Å²) in [5, 5.41) is 16.9. The third kappa shape index (κ3) is 5.35. The molecule has 1 saturated heterocycles. The molecule has 0 bridgehead atoms. The number of nitrogens with one attached hydrogen (secondary N) is 1. The SMILES string of the molecule is CN=C1C[C@H](N2CC(C)(C)C2)CC[C@@H]1n1cc(C(N)=O)c(Nc2ccc([C@@H](O)C(F)(F)F)cc2)n1. The number of primary amides is 1. The van der Waals surface area contributed by atoms with Gasteiger partial charge in [0.1, 0.15) is 5.56 Å². The fraction of sp³-hybridized carbons (Fsp3) is 0.542. The van der Waals surface area contributed by atoms with Crippen LogP contribution in [0.4, 0.5) is 24.7 Å². The summed E-state index contributed by atoms with van der Waals surface area (Å²) in [5.74, 6) is -0.460. The van der Waals surface area contributed by atoms with Crippen LogP contribution in [0.1, 0.15) is 61.2 Å². The van der Waals surface area contributed by atoms with Gasteiger partial charge in [0, 0.05) is 50.2 Å². The summed E-state index contributed by atoms with van der Waals surface area (Å²) in [6.07, 6.45) is -3.10. The number of hydrogen-bond acceptors (Lipinski definition) is 6. The minimum Gasteiger partial charge on any atom is -0.379 e. The molecule has 0 radical (unpaired) electrons. The zero-order valence-electron chi connectivity index (χ0n) is 20.0. The fourth-order valence-electron chi connectivity index (χ4n) is 5.04. The highest BCUT2D eigenvalue weighted by Gasteiger charge is 2.41. The Bertz CT molecular complexity index is 1100. The third-order valence-electron chi connectivity index (χ3n) is 6.78. The van der Waals surface area contributed by atoms with Crippen molar-refractivity contribution in [1.82, 2.24) is 14.7 Å². The summed E-state index contributed by atoms with van der Waals surface area (Å²) in [4.78, 5) is 19.1. The van der Waals surface area contributed by atoms with Crippen LogP contribution >= 0.6 is 0 Å². The molecule has 2 fully saturated rings. The Morgan fingerprint density at radius 1 is 1.26 bits per heavy atom. The van der Waals surface area contributed by atoms with Crippen LogP contribution in [-0.4, -0.2) is 63.8 Å². The number of aliphatic imine (C=N–C) groups is 1. The summed E-state index contributed by atoms with van der Waals surface area (Å²) in [5.41, 5.74) is 7.22. The molecule has 0 unspecified atom stereocenters. The van der Waals surface area contributed by atoms with Crippen molar-refractivity contribution in [2.24, 2.45) is 16.1 Å². The molecule has 1 aromatic heterocycles. The number of hydrogen-bond donors (Lipinski definition) is 3. The maximum Gasteiger partial charge on any atom is 0.418 e. The zero-order valence-corrected chi connectivity index (χ0v) is 20.0. The van der Waals surface area contributed by atoms with E-state index in [1.807, 2.05) is 0 Å². The van der Waals surface area contributed by atoms with Crippen molar-refractivity contribution in [3.8, 4) is 0 Å². The first kappa shape index (κ1) is 25.2. The van der Waals surface area contributed by atoms with Gasteiger partial charge in [-0.05, 0) is 36.0 Å². The lowest BCUT2D eigenvalue weighted by Gasteiger charge is -2.51. The van der Waals surface area contributed by atoms with Crippen molar-refractivity contribution in [3.05, 3.63) is 41.6 Å². The molecule has 190 valence electrons. The van der Waals surface area contributed by atoms with E-state index in [2.05, 4.69) is 34.2 Å². The van der Waals surface area contributed by atoms with Gasteiger partial charge in [0.2, 0.25) is 0 Å². The Morgan fingerprint density at radius 2 is 1.91 bits per heavy atom. The van der Waals surface area contributed by atoms with Crippen LogP contribution < -0.4 is 11.1 Å². The molecule has 8 nitrogen and oxygen atoms in total. The van der Waals surface area contributed by atoms with Gasteiger partial charge in [0.25, 0.3) is 5.91 Å². The van der Waals surface area contributed by atoms with Crippen molar-refractivity contribution in [3.63, 3.8) is 0 Å². The Balaban J connectivity index is 1.50. The Morgan fingerprint density at radius 3 is 2.46 bits per heavy atom. The van der Waals surface area contributed by atoms with Gasteiger partial charge in [-0.2, -0.15) is 18.3 Å². The molecule has 1 aromatic carbocycles. The molecule has 1 amide bonds. The number of amides is 1. The van der Waals surface area contributed by atoms with Crippen LogP contribution in [0.3, 0.4) is 0 Å². The number of nitrogens with zero attached hydrogens (tertiary/aromatic N) is 4. The van der Waals surface area contributed by atoms with Crippen molar-refractivity contribution >= 4 is 23.1 Å². The van der Waals surface area contributed by atoms with Gasteiger partial charge in [0.15, 0.2) is 11.9 Å². The van der Waals surface area contributed by atoms with Gasteiger partial charge < -0.3 is 16.2 Å². The Labute approximate surface area is 202 Å². The number of rotatable bonds is 6. The average Bonchev–Trinajstić information content (AvgIpc) is 3.20. The topological polar surface area (TPSA) is 109 Å².